The Morgan fingerprint density at radius 3 is 2.50 bits per heavy atom. The fourth-order valence-electron chi connectivity index (χ4n) is 2.12. The molecule has 2 rings (SSSR count). The summed E-state index contributed by atoms with van der Waals surface area (Å²) < 4.78 is 0. The van der Waals surface area contributed by atoms with Crippen LogP contribution in [0.4, 0.5) is 0 Å². The molecule has 20 heavy (non-hydrogen) atoms. The van der Waals surface area contributed by atoms with Crippen LogP contribution >= 0.6 is 0 Å². The highest BCUT2D eigenvalue weighted by Gasteiger charge is 2.19. The molecule has 2 N–H and O–H groups in total. The molecule has 0 aliphatic heterocycles. The fourth-order valence-corrected chi connectivity index (χ4v) is 2.12. The summed E-state index contributed by atoms with van der Waals surface area (Å²) in [6.07, 6.45) is 1.13. The lowest BCUT2D eigenvalue weighted by Gasteiger charge is -2.13. The first kappa shape index (κ1) is 14.1. The zero-order chi connectivity index (χ0) is 14.5. The molecule has 0 radical (unpaired) electrons. The van der Waals surface area contributed by atoms with Crippen LogP contribution in [-0.2, 0) is 4.79 Å². The second-order valence-corrected chi connectivity index (χ2v) is 4.71. The summed E-state index contributed by atoms with van der Waals surface area (Å²) in [6, 6.07) is 12.2. The first-order chi connectivity index (χ1) is 9.61. The number of carboxylic acid groups (broad SMARTS) is 1. The minimum Gasteiger partial charge on any atom is -0.480 e. The van der Waals surface area contributed by atoms with Crippen molar-refractivity contribution in [2.75, 3.05) is 0 Å². The molecule has 0 aliphatic rings. The molecule has 2 aromatic carbocycles. The molecule has 1 amide bonds. The smallest absolute Gasteiger partial charge is 0.326 e. The molecule has 0 bridgehead atoms. The van der Waals surface area contributed by atoms with Crippen LogP contribution in [0.5, 0.6) is 0 Å². The number of carbonyl (C=O) groups is 2. The molecule has 104 valence electrons. The number of fused-ring (bicyclic) bond motifs is 1. The number of carbonyl (C=O) groups excluding carboxylic acids is 1. The van der Waals surface area contributed by atoms with E-state index in [2.05, 4.69) is 5.32 Å². The van der Waals surface area contributed by atoms with Crippen LogP contribution in [0, 0.1) is 0 Å². The van der Waals surface area contributed by atoms with Gasteiger partial charge in [-0.2, -0.15) is 0 Å². The molecule has 0 spiro atoms. The third kappa shape index (κ3) is 3.15. The summed E-state index contributed by atoms with van der Waals surface area (Å²) in [4.78, 5) is 23.2. The fraction of sp³-hybridized carbons (Fsp3) is 0.250. The standard InChI is InChI=1S/C16H17NO3/c1-2-5-14(16(19)20)17-15(18)13-9-8-11-6-3-4-7-12(11)10-13/h3-4,6-10,14H,2,5H2,1H3,(H,17,18)(H,19,20). The molecule has 0 saturated heterocycles. The summed E-state index contributed by atoms with van der Waals surface area (Å²) in [5.41, 5.74) is 0.478. The van der Waals surface area contributed by atoms with E-state index in [0.717, 1.165) is 10.8 Å². The van der Waals surface area contributed by atoms with Gasteiger partial charge in [-0.05, 0) is 29.3 Å². The average molecular weight is 271 g/mol. The van der Waals surface area contributed by atoms with Crippen molar-refractivity contribution in [1.29, 1.82) is 0 Å². The van der Waals surface area contributed by atoms with E-state index in [0.29, 0.717) is 18.4 Å². The predicted octanol–water partition coefficient (Wildman–Crippen LogP) is 2.82. The summed E-state index contributed by atoms with van der Waals surface area (Å²) in [5.74, 6) is -1.35. The predicted molar refractivity (Wildman–Crippen MR) is 77.7 cm³/mol. The Balaban J connectivity index is 2.20. The van der Waals surface area contributed by atoms with Crippen molar-refractivity contribution in [3.8, 4) is 0 Å². The number of carboxylic acids is 1. The summed E-state index contributed by atoms with van der Waals surface area (Å²) >= 11 is 0. The Morgan fingerprint density at radius 2 is 1.85 bits per heavy atom. The second kappa shape index (κ2) is 6.19. The highest BCUT2D eigenvalue weighted by molar-refractivity contribution is 6.00. The van der Waals surface area contributed by atoms with Crippen LogP contribution in [0.25, 0.3) is 10.8 Å². The largest absolute Gasteiger partial charge is 0.480 e. The van der Waals surface area contributed by atoms with Gasteiger partial charge in [-0.15, -0.1) is 0 Å². The number of rotatable bonds is 5. The Bertz CT molecular complexity index is 636. The number of amides is 1. The second-order valence-electron chi connectivity index (χ2n) is 4.71. The average Bonchev–Trinajstić information content (AvgIpc) is 2.46. The van der Waals surface area contributed by atoms with Gasteiger partial charge in [-0.3, -0.25) is 4.79 Å². The lowest BCUT2D eigenvalue weighted by molar-refractivity contribution is -0.139. The van der Waals surface area contributed by atoms with Gasteiger partial charge in [0.1, 0.15) is 6.04 Å². The van der Waals surface area contributed by atoms with Gasteiger partial charge in [0.2, 0.25) is 0 Å². The third-order valence-electron chi connectivity index (χ3n) is 3.19. The zero-order valence-electron chi connectivity index (χ0n) is 11.3. The Morgan fingerprint density at radius 1 is 1.15 bits per heavy atom. The molecule has 0 aliphatic carbocycles. The van der Waals surface area contributed by atoms with Crippen LogP contribution in [0.3, 0.4) is 0 Å². The number of benzene rings is 2. The molecule has 4 nitrogen and oxygen atoms in total. The van der Waals surface area contributed by atoms with Crippen molar-refractivity contribution >= 4 is 22.6 Å². The molecule has 0 fully saturated rings. The van der Waals surface area contributed by atoms with E-state index in [9.17, 15) is 9.59 Å². The van der Waals surface area contributed by atoms with E-state index < -0.39 is 12.0 Å². The van der Waals surface area contributed by atoms with Crippen molar-refractivity contribution < 1.29 is 14.7 Å². The van der Waals surface area contributed by atoms with E-state index in [-0.39, 0.29) is 5.91 Å². The number of hydrogen-bond donors (Lipinski definition) is 2. The van der Waals surface area contributed by atoms with Crippen molar-refractivity contribution in [3.63, 3.8) is 0 Å². The minimum absolute atomic E-state index is 0.350. The van der Waals surface area contributed by atoms with Crippen molar-refractivity contribution in [1.82, 2.24) is 5.32 Å². The number of hydrogen-bond acceptors (Lipinski definition) is 2. The SMILES string of the molecule is CCCC(NC(=O)c1ccc2ccccc2c1)C(=O)O. The number of nitrogens with one attached hydrogen (secondary N) is 1. The summed E-state index contributed by atoms with van der Waals surface area (Å²) in [7, 11) is 0. The Hall–Kier alpha value is -2.36. The van der Waals surface area contributed by atoms with Crippen LogP contribution in [0.1, 0.15) is 30.1 Å². The van der Waals surface area contributed by atoms with Crippen LogP contribution in [0.15, 0.2) is 42.5 Å². The van der Waals surface area contributed by atoms with Crippen molar-refractivity contribution in [3.05, 3.63) is 48.0 Å². The molecular weight excluding hydrogens is 254 g/mol. The van der Waals surface area contributed by atoms with E-state index >= 15 is 0 Å². The van der Waals surface area contributed by atoms with Gasteiger partial charge >= 0.3 is 5.97 Å². The van der Waals surface area contributed by atoms with Gasteiger partial charge in [0.05, 0.1) is 0 Å². The van der Waals surface area contributed by atoms with E-state index in [1.807, 2.05) is 37.3 Å². The van der Waals surface area contributed by atoms with Crippen molar-refractivity contribution in [2.45, 2.75) is 25.8 Å². The molecular formula is C16H17NO3. The van der Waals surface area contributed by atoms with Gasteiger partial charge in [-0.1, -0.05) is 43.7 Å². The topological polar surface area (TPSA) is 66.4 Å². The third-order valence-corrected chi connectivity index (χ3v) is 3.19. The van der Waals surface area contributed by atoms with Gasteiger partial charge in [0, 0.05) is 5.56 Å². The van der Waals surface area contributed by atoms with Crippen LogP contribution in [0.2, 0.25) is 0 Å². The van der Waals surface area contributed by atoms with Gasteiger partial charge in [0.15, 0.2) is 0 Å². The van der Waals surface area contributed by atoms with Gasteiger partial charge < -0.3 is 10.4 Å². The molecule has 2 aromatic rings. The zero-order valence-corrected chi connectivity index (χ0v) is 11.3. The van der Waals surface area contributed by atoms with Crippen LogP contribution < -0.4 is 5.32 Å². The van der Waals surface area contributed by atoms with Crippen molar-refractivity contribution in [2.24, 2.45) is 0 Å². The monoisotopic (exact) mass is 271 g/mol. The van der Waals surface area contributed by atoms with Crippen LogP contribution in [-0.4, -0.2) is 23.0 Å². The van der Waals surface area contributed by atoms with E-state index in [1.54, 1.807) is 12.1 Å². The minimum atomic E-state index is -0.999. The maximum absolute atomic E-state index is 12.1. The first-order valence-corrected chi connectivity index (χ1v) is 6.64. The highest BCUT2D eigenvalue weighted by atomic mass is 16.4. The van der Waals surface area contributed by atoms with E-state index in [1.165, 1.54) is 0 Å². The van der Waals surface area contributed by atoms with Gasteiger partial charge in [-0.25, -0.2) is 4.79 Å². The Labute approximate surface area is 117 Å². The Kier molecular flexibility index (Phi) is 4.35. The maximum Gasteiger partial charge on any atom is 0.326 e. The number of aliphatic carboxylic acids is 1. The lowest BCUT2D eigenvalue weighted by atomic mass is 10.1. The normalized spacial score (nSPS) is 12.1. The van der Waals surface area contributed by atoms with Gasteiger partial charge in [0.25, 0.3) is 5.91 Å². The summed E-state index contributed by atoms with van der Waals surface area (Å²) in [5, 5.41) is 13.6. The molecule has 1 unspecified atom stereocenters. The maximum atomic E-state index is 12.1. The quantitative estimate of drug-likeness (QED) is 0.878. The first-order valence-electron chi connectivity index (χ1n) is 6.64. The van der Waals surface area contributed by atoms with E-state index in [4.69, 9.17) is 5.11 Å². The molecule has 0 saturated carbocycles. The lowest BCUT2D eigenvalue weighted by Crippen LogP contribution is -2.40. The molecule has 0 aromatic heterocycles. The summed E-state index contributed by atoms with van der Waals surface area (Å²) in [6.45, 7) is 1.89. The highest BCUT2D eigenvalue weighted by Crippen LogP contribution is 2.15. The molecule has 0 heterocycles. The molecule has 4 heteroatoms. The molecule has 1 atom stereocenters.